The summed E-state index contributed by atoms with van der Waals surface area (Å²) in [7, 11) is 0. The van der Waals surface area contributed by atoms with Gasteiger partial charge in [-0.3, -0.25) is 0 Å². The van der Waals surface area contributed by atoms with Crippen molar-refractivity contribution in [3.63, 3.8) is 0 Å². The minimum absolute atomic E-state index is 1.14. The highest BCUT2D eigenvalue weighted by Gasteiger charge is 2.17. The zero-order valence-corrected chi connectivity index (χ0v) is 24.8. The van der Waals surface area contributed by atoms with Crippen molar-refractivity contribution in [2.45, 2.75) is 0 Å². The molecule has 0 saturated carbocycles. The number of anilines is 3. The van der Waals surface area contributed by atoms with Crippen LogP contribution in [0.1, 0.15) is 0 Å². The number of hydrogen-bond acceptors (Lipinski definition) is 3. The zero-order valence-electron chi connectivity index (χ0n) is 23.2. The molecule has 0 N–H and O–H groups in total. The number of thiophene rings is 2. The van der Waals surface area contributed by atoms with Gasteiger partial charge in [-0.15, -0.1) is 22.7 Å². The lowest BCUT2D eigenvalue weighted by atomic mass is 10.0. The van der Waals surface area contributed by atoms with Crippen molar-refractivity contribution in [2.75, 3.05) is 4.90 Å². The van der Waals surface area contributed by atoms with Gasteiger partial charge in [-0.25, -0.2) is 0 Å². The van der Waals surface area contributed by atoms with Gasteiger partial charge < -0.3 is 4.90 Å². The molecule has 0 aliphatic carbocycles. The summed E-state index contributed by atoms with van der Waals surface area (Å²) in [5, 5.41) is 7.77. The van der Waals surface area contributed by atoms with Gasteiger partial charge in [0.25, 0.3) is 0 Å². The van der Waals surface area contributed by atoms with E-state index < -0.39 is 0 Å². The molecule has 9 rings (SSSR count). The number of nitrogens with zero attached hydrogens (tertiary/aromatic N) is 1. The van der Waals surface area contributed by atoms with Gasteiger partial charge in [-0.05, 0) is 71.1 Å². The Hall–Kier alpha value is -4.96. The van der Waals surface area contributed by atoms with Crippen LogP contribution in [0.25, 0.3) is 62.2 Å². The predicted molar refractivity (Wildman–Crippen MR) is 190 cm³/mol. The topological polar surface area (TPSA) is 3.24 Å². The third-order valence-corrected chi connectivity index (χ3v) is 10.7. The maximum Gasteiger partial charge on any atom is 0.0540 e. The molecule has 43 heavy (non-hydrogen) atoms. The average Bonchev–Trinajstić information content (AvgIpc) is 3.63. The van der Waals surface area contributed by atoms with E-state index in [-0.39, 0.29) is 0 Å². The molecule has 0 radical (unpaired) electrons. The minimum atomic E-state index is 1.14. The second-order valence-corrected chi connectivity index (χ2v) is 13.1. The van der Waals surface area contributed by atoms with Gasteiger partial charge in [-0.1, -0.05) is 97.1 Å². The van der Waals surface area contributed by atoms with E-state index in [1.54, 1.807) is 0 Å². The van der Waals surface area contributed by atoms with Crippen molar-refractivity contribution in [1.29, 1.82) is 0 Å². The highest BCUT2D eigenvalue weighted by atomic mass is 32.1. The molecule has 2 heterocycles. The third kappa shape index (κ3) is 4.04. The highest BCUT2D eigenvalue weighted by molar-refractivity contribution is 7.26. The standard InChI is InChI=1S/C40H25NS2/c1-2-10-31-27(8-1)9-7-13-36(31)41(30-21-22-34-32-11-3-5-14-37(32)43-40(34)25-30)29-19-16-26(17-20-29)28-18-23-39-35(24-28)33-12-4-6-15-38(33)42-39/h1-25H. The first-order valence-electron chi connectivity index (χ1n) is 14.5. The van der Waals surface area contributed by atoms with Crippen LogP contribution in [0.2, 0.25) is 0 Å². The summed E-state index contributed by atoms with van der Waals surface area (Å²) in [5.74, 6) is 0. The van der Waals surface area contributed by atoms with E-state index in [2.05, 4.69) is 157 Å². The van der Waals surface area contributed by atoms with E-state index >= 15 is 0 Å². The zero-order chi connectivity index (χ0) is 28.3. The quantitative estimate of drug-likeness (QED) is 0.199. The lowest BCUT2D eigenvalue weighted by Crippen LogP contribution is -2.10. The fourth-order valence-electron chi connectivity index (χ4n) is 6.39. The van der Waals surface area contributed by atoms with Crippen molar-refractivity contribution >= 4 is 90.9 Å². The maximum atomic E-state index is 2.41. The van der Waals surface area contributed by atoms with E-state index in [4.69, 9.17) is 0 Å². The summed E-state index contributed by atoms with van der Waals surface area (Å²) in [6, 6.07) is 55.5. The largest absolute Gasteiger partial charge is 0.310 e. The first-order chi connectivity index (χ1) is 21.3. The SMILES string of the molecule is c1ccc2c(N(c3ccc(-c4ccc5sc6ccccc6c5c4)cc3)c3ccc4c(c3)sc3ccccc34)cccc2c1. The number of benzene rings is 7. The first-order valence-corrected chi connectivity index (χ1v) is 16.1. The molecule has 7 aromatic carbocycles. The molecule has 0 saturated heterocycles. The van der Waals surface area contributed by atoms with E-state index in [0.29, 0.717) is 0 Å². The molecule has 0 unspecified atom stereocenters. The average molecular weight is 584 g/mol. The van der Waals surface area contributed by atoms with Gasteiger partial charge in [0.1, 0.15) is 0 Å². The molecule has 202 valence electrons. The van der Waals surface area contributed by atoms with Crippen molar-refractivity contribution in [3.8, 4) is 11.1 Å². The normalized spacial score (nSPS) is 11.7. The van der Waals surface area contributed by atoms with Crippen LogP contribution in [0.15, 0.2) is 152 Å². The molecule has 0 fully saturated rings. The summed E-state index contributed by atoms with van der Waals surface area (Å²) in [4.78, 5) is 2.41. The van der Waals surface area contributed by atoms with Crippen LogP contribution in [0.4, 0.5) is 17.1 Å². The summed E-state index contributed by atoms with van der Waals surface area (Å²) in [5.41, 5.74) is 5.94. The van der Waals surface area contributed by atoms with Crippen molar-refractivity contribution < 1.29 is 0 Å². The molecule has 0 amide bonds. The molecular formula is C40H25NS2. The summed E-state index contributed by atoms with van der Waals surface area (Å²) in [6.07, 6.45) is 0. The van der Waals surface area contributed by atoms with Gasteiger partial charge in [-0.2, -0.15) is 0 Å². The molecular weight excluding hydrogens is 559 g/mol. The number of hydrogen-bond donors (Lipinski definition) is 0. The van der Waals surface area contributed by atoms with Crippen molar-refractivity contribution in [1.82, 2.24) is 0 Å². The predicted octanol–water partition coefficient (Wildman–Crippen LogP) is 12.7. The van der Waals surface area contributed by atoms with Gasteiger partial charge in [0.05, 0.1) is 5.69 Å². The van der Waals surface area contributed by atoms with E-state index in [0.717, 1.165) is 11.4 Å². The van der Waals surface area contributed by atoms with Crippen LogP contribution >= 0.6 is 22.7 Å². The van der Waals surface area contributed by atoms with E-state index in [1.165, 1.54) is 67.9 Å². The first kappa shape index (κ1) is 24.6. The van der Waals surface area contributed by atoms with Crippen LogP contribution in [0.5, 0.6) is 0 Å². The van der Waals surface area contributed by atoms with Gasteiger partial charge in [0.2, 0.25) is 0 Å². The molecule has 9 aromatic rings. The molecule has 1 nitrogen and oxygen atoms in total. The molecule has 0 spiro atoms. The molecule has 0 atom stereocenters. The second kappa shape index (κ2) is 9.81. The Labute approximate surface area is 257 Å². The van der Waals surface area contributed by atoms with Crippen molar-refractivity contribution in [2.24, 2.45) is 0 Å². The molecule has 2 aromatic heterocycles. The van der Waals surface area contributed by atoms with Crippen LogP contribution < -0.4 is 4.90 Å². The Balaban J connectivity index is 1.19. The minimum Gasteiger partial charge on any atom is -0.310 e. The summed E-state index contributed by atoms with van der Waals surface area (Å²) in [6.45, 7) is 0. The van der Waals surface area contributed by atoms with Gasteiger partial charge in [0.15, 0.2) is 0 Å². The van der Waals surface area contributed by atoms with E-state index in [9.17, 15) is 0 Å². The maximum absolute atomic E-state index is 2.41. The smallest absolute Gasteiger partial charge is 0.0540 e. The van der Waals surface area contributed by atoms with Gasteiger partial charge >= 0.3 is 0 Å². The third-order valence-electron chi connectivity index (χ3n) is 8.46. The Morgan fingerprint density at radius 1 is 0.349 bits per heavy atom. The molecule has 0 bridgehead atoms. The van der Waals surface area contributed by atoms with Gasteiger partial charge in [0, 0.05) is 57.1 Å². The Kier molecular flexibility index (Phi) is 5.62. The Morgan fingerprint density at radius 2 is 0.930 bits per heavy atom. The Bertz CT molecular complexity index is 2460. The summed E-state index contributed by atoms with van der Waals surface area (Å²) < 4.78 is 5.30. The van der Waals surface area contributed by atoms with Crippen molar-refractivity contribution in [3.05, 3.63) is 152 Å². The number of fused-ring (bicyclic) bond motifs is 7. The van der Waals surface area contributed by atoms with Crippen LogP contribution in [0.3, 0.4) is 0 Å². The molecule has 0 aliphatic rings. The fraction of sp³-hybridized carbons (Fsp3) is 0. The highest BCUT2D eigenvalue weighted by Crippen LogP contribution is 2.43. The molecule has 0 aliphatic heterocycles. The molecule has 3 heteroatoms. The second-order valence-electron chi connectivity index (χ2n) is 11.0. The Morgan fingerprint density at radius 3 is 1.74 bits per heavy atom. The number of rotatable bonds is 4. The lowest BCUT2D eigenvalue weighted by Gasteiger charge is -2.27. The monoisotopic (exact) mass is 583 g/mol. The van der Waals surface area contributed by atoms with Crippen LogP contribution in [-0.4, -0.2) is 0 Å². The van der Waals surface area contributed by atoms with Crippen LogP contribution in [-0.2, 0) is 0 Å². The lowest BCUT2D eigenvalue weighted by molar-refractivity contribution is 1.30. The van der Waals surface area contributed by atoms with E-state index in [1.807, 2.05) is 22.7 Å². The van der Waals surface area contributed by atoms with Crippen LogP contribution in [0, 0.1) is 0 Å². The summed E-state index contributed by atoms with van der Waals surface area (Å²) >= 11 is 3.73. The fourth-order valence-corrected chi connectivity index (χ4v) is 8.62.